The molecule has 0 saturated heterocycles. The Bertz CT molecular complexity index is 1180. The molecule has 0 spiro atoms. The maximum absolute atomic E-state index is 10.3. The zero-order valence-corrected chi connectivity index (χ0v) is 20.7. The van der Waals surface area contributed by atoms with Gasteiger partial charge in [-0.15, -0.1) is 10.2 Å². The number of rotatable bonds is 6. The topological polar surface area (TPSA) is 170 Å². The van der Waals surface area contributed by atoms with E-state index in [0.29, 0.717) is 41.9 Å². The number of aliphatic hydroxyl groups is 1. The third-order valence-corrected chi connectivity index (χ3v) is 5.77. The second-order valence-corrected chi connectivity index (χ2v) is 8.79. The van der Waals surface area contributed by atoms with Crippen molar-refractivity contribution in [2.75, 3.05) is 27.9 Å². The summed E-state index contributed by atoms with van der Waals surface area (Å²) in [7, 11) is 0.0599. The van der Waals surface area contributed by atoms with Crippen molar-refractivity contribution in [3.63, 3.8) is 0 Å². The molecular formula is C22H29N3O9S. The lowest BCUT2D eigenvalue weighted by Gasteiger charge is -2.37. The number of hydrogen-bond donors (Lipinski definition) is 3. The van der Waals surface area contributed by atoms with Crippen LogP contribution >= 0.6 is 0 Å². The standard InChI is InChI=1S/C22H27N3O5.H2O4S/c1-5-30-19-9-13-14-8-12(26)6-7-17(14)23-21(15(13)10-18(19)27-2)16-11-20(28-3)24-25-22(16)29-4;1-5(2,3)4/h9-12,14,17,26H,5-8H2,1-4H3;(H2,1,2,3,4)/t12-,14-,17-;/m1./s1. The predicted octanol–water partition coefficient (Wildman–Crippen LogP) is 2.10. The number of aliphatic imine (C=N–C) groups is 1. The maximum atomic E-state index is 10.3. The van der Waals surface area contributed by atoms with E-state index in [1.807, 2.05) is 19.1 Å². The van der Waals surface area contributed by atoms with Crippen LogP contribution < -0.4 is 18.9 Å². The molecule has 0 radical (unpaired) electrons. The highest BCUT2D eigenvalue weighted by molar-refractivity contribution is 7.79. The van der Waals surface area contributed by atoms with Crippen molar-refractivity contribution in [1.29, 1.82) is 0 Å². The van der Waals surface area contributed by atoms with E-state index in [-0.39, 0.29) is 18.1 Å². The van der Waals surface area contributed by atoms with Gasteiger partial charge < -0.3 is 24.1 Å². The Kier molecular flexibility index (Phi) is 8.48. The Balaban J connectivity index is 0.000000623. The normalized spacial score (nSPS) is 20.9. The molecule has 1 aliphatic carbocycles. The molecule has 3 atom stereocenters. The summed E-state index contributed by atoms with van der Waals surface area (Å²) >= 11 is 0. The number of nitrogens with zero attached hydrogens (tertiary/aromatic N) is 3. The summed E-state index contributed by atoms with van der Waals surface area (Å²) in [6.07, 6.45) is 1.88. The number of hydrogen-bond acceptors (Lipinski definition) is 10. The smallest absolute Gasteiger partial charge is 0.394 e. The van der Waals surface area contributed by atoms with Crippen molar-refractivity contribution < 1.29 is 41.6 Å². The first kappa shape index (κ1) is 26.6. The van der Waals surface area contributed by atoms with Crippen molar-refractivity contribution in [2.24, 2.45) is 4.99 Å². The Labute approximate surface area is 203 Å². The summed E-state index contributed by atoms with van der Waals surface area (Å²) in [5.41, 5.74) is 3.47. The Morgan fingerprint density at radius 2 is 1.69 bits per heavy atom. The van der Waals surface area contributed by atoms with Crippen LogP contribution in [0.3, 0.4) is 0 Å². The Hall–Kier alpha value is -3.00. The van der Waals surface area contributed by atoms with Gasteiger partial charge in [0.05, 0.1) is 51.4 Å². The summed E-state index contributed by atoms with van der Waals surface area (Å²) < 4.78 is 53.8. The first-order valence-corrected chi connectivity index (χ1v) is 12.3. The highest BCUT2D eigenvalue weighted by atomic mass is 32.3. The number of aliphatic hydroxyl groups excluding tert-OH is 1. The quantitative estimate of drug-likeness (QED) is 0.485. The van der Waals surface area contributed by atoms with Gasteiger partial charge in [0, 0.05) is 17.5 Å². The maximum Gasteiger partial charge on any atom is 0.394 e. The molecule has 0 amide bonds. The van der Waals surface area contributed by atoms with E-state index in [0.717, 1.165) is 29.7 Å². The molecule has 1 saturated carbocycles. The fraction of sp³-hybridized carbons (Fsp3) is 0.500. The van der Waals surface area contributed by atoms with E-state index in [1.165, 1.54) is 0 Å². The van der Waals surface area contributed by atoms with Gasteiger partial charge in [0.25, 0.3) is 0 Å². The van der Waals surface area contributed by atoms with E-state index in [1.54, 1.807) is 27.4 Å². The second-order valence-electron chi connectivity index (χ2n) is 7.90. The number of fused-ring (bicyclic) bond motifs is 3. The first-order valence-electron chi connectivity index (χ1n) is 10.9. The van der Waals surface area contributed by atoms with Gasteiger partial charge in [-0.1, -0.05) is 0 Å². The molecule has 3 N–H and O–H groups in total. The van der Waals surface area contributed by atoms with E-state index >= 15 is 0 Å². The van der Waals surface area contributed by atoms with Crippen LogP contribution in [0.25, 0.3) is 0 Å². The van der Waals surface area contributed by atoms with Gasteiger partial charge in [0.15, 0.2) is 11.5 Å². The minimum absolute atomic E-state index is 0.0580. The van der Waals surface area contributed by atoms with Gasteiger partial charge in [-0.05, 0) is 43.9 Å². The summed E-state index contributed by atoms with van der Waals surface area (Å²) in [6, 6.07) is 5.82. The lowest BCUT2D eigenvalue weighted by Crippen LogP contribution is -2.34. The van der Waals surface area contributed by atoms with E-state index in [4.69, 9.17) is 41.5 Å². The Morgan fingerprint density at radius 1 is 0.971 bits per heavy atom. The lowest BCUT2D eigenvalue weighted by atomic mass is 9.74. The van der Waals surface area contributed by atoms with Crippen molar-refractivity contribution >= 4 is 16.1 Å². The molecule has 0 unspecified atom stereocenters. The van der Waals surface area contributed by atoms with Gasteiger partial charge in [0.2, 0.25) is 11.8 Å². The van der Waals surface area contributed by atoms with E-state index < -0.39 is 10.4 Å². The van der Waals surface area contributed by atoms with Gasteiger partial charge in [-0.2, -0.15) is 8.42 Å². The average Bonchev–Trinajstić information content (AvgIpc) is 2.82. The molecule has 35 heavy (non-hydrogen) atoms. The van der Waals surface area contributed by atoms with Crippen LogP contribution in [0, 0.1) is 0 Å². The molecule has 0 bridgehead atoms. The van der Waals surface area contributed by atoms with Crippen LogP contribution in [0.1, 0.15) is 48.8 Å². The lowest BCUT2D eigenvalue weighted by molar-refractivity contribution is 0.111. The third-order valence-electron chi connectivity index (χ3n) is 5.77. The zero-order chi connectivity index (χ0) is 25.8. The molecule has 12 nitrogen and oxygen atoms in total. The van der Waals surface area contributed by atoms with Crippen molar-refractivity contribution in [1.82, 2.24) is 10.2 Å². The van der Waals surface area contributed by atoms with Crippen molar-refractivity contribution in [3.05, 3.63) is 34.9 Å². The van der Waals surface area contributed by atoms with Crippen LogP contribution in [0.5, 0.6) is 23.3 Å². The summed E-state index contributed by atoms with van der Waals surface area (Å²) in [5, 5.41) is 18.5. The molecular weight excluding hydrogens is 482 g/mol. The summed E-state index contributed by atoms with van der Waals surface area (Å²) in [5.74, 6) is 2.19. The molecule has 2 aromatic rings. The number of ether oxygens (including phenoxy) is 4. The second kappa shape index (κ2) is 11.2. The monoisotopic (exact) mass is 511 g/mol. The molecule has 1 aromatic carbocycles. The molecule has 1 fully saturated rings. The number of methoxy groups -OCH3 is 3. The highest BCUT2D eigenvalue weighted by Gasteiger charge is 2.38. The van der Waals surface area contributed by atoms with Gasteiger partial charge in [0.1, 0.15) is 0 Å². The predicted molar refractivity (Wildman–Crippen MR) is 126 cm³/mol. The molecule has 2 heterocycles. The Morgan fingerprint density at radius 3 is 2.29 bits per heavy atom. The highest BCUT2D eigenvalue weighted by Crippen LogP contribution is 2.45. The van der Waals surface area contributed by atoms with Crippen LogP contribution in [0.2, 0.25) is 0 Å². The molecule has 13 heteroatoms. The molecule has 192 valence electrons. The SMILES string of the molecule is CCOc1cc2c(cc1OC)C(c1cc(OC)nnc1OC)=N[C@@H]1CC[C@@H](O)C[C@H]21.O=S(=O)(O)O. The van der Waals surface area contributed by atoms with Crippen LogP contribution in [0.4, 0.5) is 0 Å². The van der Waals surface area contributed by atoms with Gasteiger partial charge >= 0.3 is 10.4 Å². The van der Waals surface area contributed by atoms with Crippen molar-refractivity contribution in [2.45, 2.75) is 44.2 Å². The minimum Gasteiger partial charge on any atom is -0.493 e. The van der Waals surface area contributed by atoms with Crippen LogP contribution in [0.15, 0.2) is 23.2 Å². The molecule has 1 aromatic heterocycles. The molecule has 1 aliphatic heterocycles. The third kappa shape index (κ3) is 6.36. The van der Waals surface area contributed by atoms with Gasteiger partial charge in [-0.3, -0.25) is 14.1 Å². The van der Waals surface area contributed by atoms with Gasteiger partial charge in [-0.25, -0.2) is 0 Å². The molecule has 4 rings (SSSR count). The first-order chi connectivity index (χ1) is 16.6. The number of aromatic nitrogens is 2. The van der Waals surface area contributed by atoms with Crippen LogP contribution in [-0.2, 0) is 10.4 Å². The van der Waals surface area contributed by atoms with Crippen LogP contribution in [-0.4, -0.2) is 78.6 Å². The van der Waals surface area contributed by atoms with E-state index in [9.17, 15) is 5.11 Å². The largest absolute Gasteiger partial charge is 0.493 e. The average molecular weight is 512 g/mol. The molecule has 2 aliphatic rings. The van der Waals surface area contributed by atoms with Crippen molar-refractivity contribution in [3.8, 4) is 23.3 Å². The number of benzene rings is 1. The fourth-order valence-electron chi connectivity index (χ4n) is 4.37. The van der Waals surface area contributed by atoms with E-state index in [2.05, 4.69) is 10.2 Å². The summed E-state index contributed by atoms with van der Waals surface area (Å²) in [6.45, 7) is 2.48. The fourth-order valence-corrected chi connectivity index (χ4v) is 4.37. The minimum atomic E-state index is -4.67. The zero-order valence-electron chi connectivity index (χ0n) is 19.8. The summed E-state index contributed by atoms with van der Waals surface area (Å²) in [4.78, 5) is 5.09.